The third-order valence-electron chi connectivity index (χ3n) is 5.99. The lowest BCUT2D eigenvalue weighted by Gasteiger charge is -2.45. The van der Waals surface area contributed by atoms with Crippen molar-refractivity contribution in [3.63, 3.8) is 0 Å². The maximum Gasteiger partial charge on any atom is 0.245 e. The zero-order chi connectivity index (χ0) is 22.0. The molecule has 1 saturated heterocycles. The van der Waals surface area contributed by atoms with Crippen molar-refractivity contribution in [1.82, 2.24) is 9.29 Å². The van der Waals surface area contributed by atoms with E-state index in [1.807, 2.05) is 30.3 Å². The second-order valence-corrected chi connectivity index (χ2v) is 11.2. The minimum Gasteiger partial charge on any atom is -0.495 e. The van der Waals surface area contributed by atoms with Gasteiger partial charge in [-0.3, -0.25) is 0 Å². The number of thiophene rings is 1. The molecular weight excluding hydrogens is 460 g/mol. The maximum atomic E-state index is 13.1. The molecule has 4 heterocycles. The first-order valence-corrected chi connectivity index (χ1v) is 12.3. The van der Waals surface area contributed by atoms with Crippen LogP contribution in [0.25, 0.3) is 21.5 Å². The molecule has 11 heteroatoms. The van der Waals surface area contributed by atoms with E-state index in [9.17, 15) is 8.42 Å². The fraction of sp³-hybridized carbons (Fsp3) is 0.350. The highest BCUT2D eigenvalue weighted by Crippen LogP contribution is 2.50. The van der Waals surface area contributed by atoms with Crippen LogP contribution < -0.4 is 10.5 Å². The molecule has 0 saturated carbocycles. The molecule has 0 radical (unpaired) electrons. The van der Waals surface area contributed by atoms with Crippen molar-refractivity contribution in [2.45, 2.75) is 17.2 Å². The molecule has 0 spiro atoms. The highest BCUT2D eigenvalue weighted by atomic mass is 35.5. The number of sulfonamides is 1. The monoisotopic (exact) mass is 480 g/mol. The van der Waals surface area contributed by atoms with Crippen LogP contribution in [0.15, 0.2) is 35.3 Å². The summed E-state index contributed by atoms with van der Waals surface area (Å²) in [4.78, 5) is 9.63. The van der Waals surface area contributed by atoms with Crippen LogP contribution in [0.4, 0.5) is 0 Å². The largest absolute Gasteiger partial charge is 0.495 e. The van der Waals surface area contributed by atoms with Crippen LogP contribution in [0.3, 0.4) is 0 Å². The van der Waals surface area contributed by atoms with Crippen LogP contribution in [0, 0.1) is 0 Å². The fourth-order valence-corrected chi connectivity index (χ4v) is 7.81. The summed E-state index contributed by atoms with van der Waals surface area (Å²) in [5, 5.41) is 0.582. The van der Waals surface area contributed by atoms with Gasteiger partial charge in [0.05, 0.1) is 39.7 Å². The fourth-order valence-electron chi connectivity index (χ4n) is 4.31. The lowest BCUT2D eigenvalue weighted by molar-refractivity contribution is 0.0545. The predicted octanol–water partition coefficient (Wildman–Crippen LogP) is 3.13. The number of benzene rings is 1. The summed E-state index contributed by atoms with van der Waals surface area (Å²) in [5.41, 5.74) is 6.71. The zero-order valence-corrected chi connectivity index (χ0v) is 19.3. The molecule has 2 atom stereocenters. The molecule has 1 aromatic carbocycles. The Morgan fingerprint density at radius 2 is 2.23 bits per heavy atom. The molecule has 3 N–H and O–H groups in total. The molecule has 2 aromatic heterocycles. The SMILES string of the molecule is COc1cccc2cc(-c3cc(Cl)c([C@]45CCOCC4S(=O)(=O)N(C)C(N)=N5)s3)[nH]c12. The third kappa shape index (κ3) is 2.96. The average Bonchev–Trinajstić information content (AvgIpc) is 3.36. The molecule has 164 valence electrons. The second-order valence-electron chi connectivity index (χ2n) is 7.62. The Hall–Kier alpha value is -2.27. The Kier molecular flexibility index (Phi) is 4.74. The molecule has 0 aliphatic carbocycles. The van der Waals surface area contributed by atoms with Crippen LogP contribution in [-0.4, -0.2) is 56.3 Å². The zero-order valence-electron chi connectivity index (χ0n) is 16.9. The third-order valence-corrected chi connectivity index (χ3v) is 9.93. The average molecular weight is 481 g/mol. The molecule has 5 rings (SSSR count). The number of aromatic nitrogens is 1. The number of para-hydroxylation sites is 1. The number of methoxy groups -OCH3 is 1. The van der Waals surface area contributed by atoms with E-state index in [4.69, 9.17) is 26.8 Å². The lowest BCUT2D eigenvalue weighted by Crippen LogP contribution is -2.60. The van der Waals surface area contributed by atoms with Gasteiger partial charge in [-0.2, -0.15) is 0 Å². The van der Waals surface area contributed by atoms with Crippen LogP contribution in [0.5, 0.6) is 5.75 Å². The van der Waals surface area contributed by atoms with E-state index in [0.29, 0.717) is 22.9 Å². The van der Waals surface area contributed by atoms with Crippen LogP contribution in [0.1, 0.15) is 11.3 Å². The van der Waals surface area contributed by atoms with E-state index in [0.717, 1.165) is 31.5 Å². The summed E-state index contributed by atoms with van der Waals surface area (Å²) in [6.45, 7) is 0.413. The van der Waals surface area contributed by atoms with Crippen LogP contribution in [-0.2, 0) is 20.3 Å². The number of aliphatic imine (C=N–C) groups is 1. The molecule has 0 bridgehead atoms. The van der Waals surface area contributed by atoms with E-state index in [-0.39, 0.29) is 12.6 Å². The minimum atomic E-state index is -3.74. The van der Waals surface area contributed by atoms with E-state index in [2.05, 4.69) is 9.98 Å². The molecule has 3 aromatic rings. The highest BCUT2D eigenvalue weighted by Gasteiger charge is 2.56. The number of halogens is 1. The van der Waals surface area contributed by atoms with Gasteiger partial charge in [0.2, 0.25) is 16.0 Å². The minimum absolute atomic E-state index is 0.0383. The Morgan fingerprint density at radius 3 is 3.00 bits per heavy atom. The molecule has 2 aliphatic heterocycles. The number of guanidine groups is 1. The van der Waals surface area contributed by atoms with Crippen molar-refractivity contribution >= 4 is 49.8 Å². The van der Waals surface area contributed by atoms with Crippen molar-refractivity contribution in [2.75, 3.05) is 27.4 Å². The lowest BCUT2D eigenvalue weighted by atomic mass is 9.88. The van der Waals surface area contributed by atoms with Gasteiger partial charge >= 0.3 is 0 Å². The van der Waals surface area contributed by atoms with Gasteiger partial charge in [0.15, 0.2) is 0 Å². The Labute approximate surface area is 188 Å². The summed E-state index contributed by atoms with van der Waals surface area (Å²) in [5.74, 6) is 0.702. The number of aromatic amines is 1. The molecule has 1 fully saturated rings. The number of hydrogen-bond donors (Lipinski definition) is 2. The van der Waals surface area contributed by atoms with Gasteiger partial charge in [0, 0.05) is 25.5 Å². The number of H-pyrrole nitrogens is 1. The number of nitrogens with one attached hydrogen (secondary N) is 1. The number of rotatable bonds is 3. The molecular formula is C20H21ClN4O4S2. The van der Waals surface area contributed by atoms with E-state index >= 15 is 0 Å². The molecule has 0 amide bonds. The van der Waals surface area contributed by atoms with Gasteiger partial charge in [0.25, 0.3) is 0 Å². The van der Waals surface area contributed by atoms with Crippen LogP contribution >= 0.6 is 22.9 Å². The van der Waals surface area contributed by atoms with Gasteiger partial charge in [-0.25, -0.2) is 17.7 Å². The van der Waals surface area contributed by atoms with Gasteiger partial charge < -0.3 is 20.2 Å². The number of hydrogen-bond acceptors (Lipinski definition) is 7. The van der Waals surface area contributed by atoms with Gasteiger partial charge in [-0.1, -0.05) is 23.7 Å². The number of ether oxygens (including phenoxy) is 2. The second kappa shape index (κ2) is 7.13. The topological polar surface area (TPSA) is 110 Å². The van der Waals surface area contributed by atoms with Gasteiger partial charge in [-0.05, 0) is 18.2 Å². The smallest absolute Gasteiger partial charge is 0.245 e. The predicted molar refractivity (Wildman–Crippen MR) is 122 cm³/mol. The van der Waals surface area contributed by atoms with Crippen LogP contribution in [0.2, 0.25) is 5.02 Å². The number of nitrogens with zero attached hydrogens (tertiary/aromatic N) is 2. The molecule has 2 aliphatic rings. The van der Waals surface area contributed by atoms with E-state index in [1.54, 1.807) is 7.11 Å². The van der Waals surface area contributed by atoms with Crippen molar-refractivity contribution in [2.24, 2.45) is 10.7 Å². The quantitative estimate of drug-likeness (QED) is 0.598. The molecule has 1 unspecified atom stereocenters. The maximum absolute atomic E-state index is 13.1. The Bertz CT molecular complexity index is 1320. The summed E-state index contributed by atoms with van der Waals surface area (Å²) in [7, 11) is -0.707. The van der Waals surface area contributed by atoms with Gasteiger partial charge in [-0.15, -0.1) is 11.3 Å². The first-order chi connectivity index (χ1) is 14.8. The van der Waals surface area contributed by atoms with Crippen molar-refractivity contribution < 1.29 is 17.9 Å². The summed E-state index contributed by atoms with van der Waals surface area (Å²) in [6.07, 6.45) is 0.381. The number of fused-ring (bicyclic) bond motifs is 2. The summed E-state index contributed by atoms with van der Waals surface area (Å²) < 4.78 is 38.3. The van der Waals surface area contributed by atoms with Crippen molar-refractivity contribution in [3.05, 3.63) is 40.2 Å². The van der Waals surface area contributed by atoms with E-state index < -0.39 is 20.8 Å². The van der Waals surface area contributed by atoms with Crippen molar-refractivity contribution in [3.8, 4) is 16.3 Å². The highest BCUT2D eigenvalue weighted by molar-refractivity contribution is 7.90. The Balaban J connectivity index is 1.67. The van der Waals surface area contributed by atoms with E-state index in [1.165, 1.54) is 18.4 Å². The molecule has 31 heavy (non-hydrogen) atoms. The van der Waals surface area contributed by atoms with Crippen molar-refractivity contribution in [1.29, 1.82) is 0 Å². The number of nitrogens with two attached hydrogens (primary N) is 1. The summed E-state index contributed by atoms with van der Waals surface area (Å²) in [6, 6.07) is 9.68. The first kappa shape index (κ1) is 20.6. The van der Waals surface area contributed by atoms with Gasteiger partial charge in [0.1, 0.15) is 16.5 Å². The summed E-state index contributed by atoms with van der Waals surface area (Å²) >= 11 is 8.11. The standard InChI is InChI=1S/C20H21ClN4O4S2/c1-25-19(22)24-20(6-7-29-10-16(20)31(25,26)27)18-12(21)9-15(30-18)13-8-11-4-3-5-14(28-2)17(11)23-13/h3-5,8-9,16,23H,6-7,10H2,1-2H3,(H2,22,24)/t16?,20-/m0/s1. The first-order valence-electron chi connectivity index (χ1n) is 9.64. The normalized spacial score (nSPS) is 25.3. The Morgan fingerprint density at radius 1 is 1.42 bits per heavy atom. The molecule has 8 nitrogen and oxygen atoms in total.